The number of benzene rings is 2. The molecular formula is C14H15NS2. The van der Waals surface area contributed by atoms with Gasteiger partial charge in [0, 0.05) is 16.3 Å². The van der Waals surface area contributed by atoms with Crippen molar-refractivity contribution in [2.24, 2.45) is 0 Å². The van der Waals surface area contributed by atoms with Crippen LogP contribution in [-0.4, -0.2) is 6.26 Å². The van der Waals surface area contributed by atoms with E-state index < -0.39 is 0 Å². The first-order valence-corrected chi connectivity index (χ1v) is 7.50. The first-order chi connectivity index (χ1) is 8.38. The van der Waals surface area contributed by atoms with Crippen molar-refractivity contribution < 1.29 is 0 Å². The molecule has 0 unspecified atom stereocenters. The van der Waals surface area contributed by atoms with E-state index in [-0.39, 0.29) is 0 Å². The number of hydrogen-bond acceptors (Lipinski definition) is 3. The van der Waals surface area contributed by atoms with E-state index in [0.717, 1.165) is 6.54 Å². The molecule has 0 radical (unpaired) electrons. The lowest BCUT2D eigenvalue weighted by atomic mass is 10.2. The summed E-state index contributed by atoms with van der Waals surface area (Å²) in [4.78, 5) is 2.55. The van der Waals surface area contributed by atoms with Crippen molar-refractivity contribution in [1.29, 1.82) is 0 Å². The summed E-state index contributed by atoms with van der Waals surface area (Å²) in [5, 5.41) is 0. The molecule has 2 aromatic carbocycles. The molecule has 1 nitrogen and oxygen atoms in total. The van der Waals surface area contributed by atoms with E-state index in [1.54, 1.807) is 23.7 Å². The van der Waals surface area contributed by atoms with Gasteiger partial charge in [-0.15, -0.1) is 11.8 Å². The largest absolute Gasteiger partial charge is 0.255 e. The highest BCUT2D eigenvalue weighted by atomic mass is 32.2. The zero-order valence-electron chi connectivity index (χ0n) is 9.72. The van der Waals surface area contributed by atoms with Gasteiger partial charge in [-0.1, -0.05) is 30.3 Å². The topological polar surface area (TPSA) is 12.0 Å². The number of rotatable bonds is 5. The Balaban J connectivity index is 1.82. The average molecular weight is 261 g/mol. The van der Waals surface area contributed by atoms with Crippen molar-refractivity contribution in [3.8, 4) is 0 Å². The Kier molecular flexibility index (Phi) is 4.98. The molecule has 0 saturated heterocycles. The molecule has 2 aromatic rings. The smallest absolute Gasteiger partial charge is 0.0313 e. The summed E-state index contributed by atoms with van der Waals surface area (Å²) in [6, 6.07) is 19.0. The molecule has 0 amide bonds. The van der Waals surface area contributed by atoms with Crippen molar-refractivity contribution in [2.75, 3.05) is 6.26 Å². The average Bonchev–Trinajstić information content (AvgIpc) is 2.41. The number of hydrogen-bond donors (Lipinski definition) is 1. The zero-order chi connectivity index (χ0) is 11.9. The first-order valence-electron chi connectivity index (χ1n) is 5.46. The molecule has 2 rings (SSSR count). The summed E-state index contributed by atoms with van der Waals surface area (Å²) < 4.78 is 3.37. The standard InChI is InChI=1S/C14H15NS2/c1-16-13-7-9-14(10-8-13)17-15-11-12-5-3-2-4-6-12/h2-10,15H,11H2,1H3. The van der Waals surface area contributed by atoms with Crippen molar-refractivity contribution in [3.63, 3.8) is 0 Å². The predicted molar refractivity (Wildman–Crippen MR) is 77.4 cm³/mol. The predicted octanol–water partition coefficient (Wildman–Crippen LogP) is 4.21. The van der Waals surface area contributed by atoms with Crippen LogP contribution in [0.25, 0.3) is 0 Å². The Morgan fingerprint density at radius 1 is 0.882 bits per heavy atom. The van der Waals surface area contributed by atoms with Gasteiger partial charge in [-0.05, 0) is 48.0 Å². The third kappa shape index (κ3) is 4.11. The van der Waals surface area contributed by atoms with E-state index in [1.807, 2.05) is 6.07 Å². The Morgan fingerprint density at radius 3 is 2.18 bits per heavy atom. The second-order valence-electron chi connectivity index (χ2n) is 3.58. The SMILES string of the molecule is CSc1ccc(SNCc2ccccc2)cc1. The van der Waals surface area contributed by atoms with Crippen LogP contribution in [0.3, 0.4) is 0 Å². The Hall–Kier alpha value is -0.900. The summed E-state index contributed by atoms with van der Waals surface area (Å²) in [7, 11) is 0. The second-order valence-corrected chi connectivity index (χ2v) is 5.43. The highest BCUT2D eigenvalue weighted by Gasteiger charge is 1.95. The van der Waals surface area contributed by atoms with E-state index in [2.05, 4.69) is 59.5 Å². The van der Waals surface area contributed by atoms with E-state index in [0.29, 0.717) is 0 Å². The molecular weight excluding hydrogens is 246 g/mol. The summed E-state index contributed by atoms with van der Waals surface area (Å²) >= 11 is 3.44. The maximum atomic E-state index is 3.37. The molecule has 3 heteroatoms. The molecule has 0 atom stereocenters. The summed E-state index contributed by atoms with van der Waals surface area (Å²) in [5.74, 6) is 0. The summed E-state index contributed by atoms with van der Waals surface area (Å²) in [6.45, 7) is 0.885. The van der Waals surface area contributed by atoms with Gasteiger partial charge in [-0.2, -0.15) is 0 Å². The third-order valence-corrected chi connectivity index (χ3v) is 3.91. The molecule has 88 valence electrons. The summed E-state index contributed by atoms with van der Waals surface area (Å²) in [6.07, 6.45) is 2.09. The van der Waals surface area contributed by atoms with Crippen LogP contribution in [0, 0.1) is 0 Å². The quantitative estimate of drug-likeness (QED) is 0.640. The zero-order valence-corrected chi connectivity index (χ0v) is 11.4. The van der Waals surface area contributed by atoms with Crippen LogP contribution in [0.5, 0.6) is 0 Å². The van der Waals surface area contributed by atoms with Crippen molar-refractivity contribution in [3.05, 3.63) is 60.2 Å². The minimum Gasteiger partial charge on any atom is -0.255 e. The lowest BCUT2D eigenvalue weighted by molar-refractivity contribution is 0.975. The fourth-order valence-corrected chi connectivity index (χ4v) is 2.53. The normalized spacial score (nSPS) is 10.4. The molecule has 0 aliphatic heterocycles. The van der Waals surface area contributed by atoms with Crippen LogP contribution in [0.2, 0.25) is 0 Å². The molecule has 0 fully saturated rings. The lowest BCUT2D eigenvalue weighted by Gasteiger charge is -2.04. The van der Waals surface area contributed by atoms with Crippen molar-refractivity contribution >= 4 is 23.7 Å². The molecule has 0 aliphatic carbocycles. The van der Waals surface area contributed by atoms with Crippen molar-refractivity contribution in [2.45, 2.75) is 16.3 Å². The van der Waals surface area contributed by atoms with Gasteiger partial charge in [0.25, 0.3) is 0 Å². The summed E-state index contributed by atoms with van der Waals surface area (Å²) in [5.41, 5.74) is 1.31. The molecule has 0 heterocycles. The van der Waals surface area contributed by atoms with Crippen LogP contribution < -0.4 is 4.72 Å². The monoisotopic (exact) mass is 261 g/mol. The number of thioether (sulfide) groups is 1. The Morgan fingerprint density at radius 2 is 1.53 bits per heavy atom. The molecule has 17 heavy (non-hydrogen) atoms. The molecule has 0 aromatic heterocycles. The van der Waals surface area contributed by atoms with E-state index in [4.69, 9.17) is 0 Å². The minimum atomic E-state index is 0.885. The second kappa shape index (κ2) is 6.74. The number of nitrogens with one attached hydrogen (secondary N) is 1. The Bertz CT molecular complexity index is 440. The van der Waals surface area contributed by atoms with Gasteiger partial charge in [-0.25, -0.2) is 0 Å². The molecule has 0 spiro atoms. The van der Waals surface area contributed by atoms with E-state index in [9.17, 15) is 0 Å². The van der Waals surface area contributed by atoms with E-state index >= 15 is 0 Å². The van der Waals surface area contributed by atoms with Gasteiger partial charge in [0.1, 0.15) is 0 Å². The van der Waals surface area contributed by atoms with Crippen LogP contribution in [-0.2, 0) is 6.54 Å². The molecule has 0 saturated carbocycles. The van der Waals surface area contributed by atoms with Gasteiger partial charge in [0.05, 0.1) is 0 Å². The van der Waals surface area contributed by atoms with Crippen LogP contribution >= 0.6 is 23.7 Å². The highest BCUT2D eigenvalue weighted by Crippen LogP contribution is 2.20. The van der Waals surface area contributed by atoms with Gasteiger partial charge >= 0.3 is 0 Å². The van der Waals surface area contributed by atoms with Gasteiger partial charge < -0.3 is 0 Å². The minimum absolute atomic E-state index is 0.885. The van der Waals surface area contributed by atoms with Crippen LogP contribution in [0.15, 0.2) is 64.4 Å². The van der Waals surface area contributed by atoms with Crippen LogP contribution in [0.1, 0.15) is 5.56 Å². The van der Waals surface area contributed by atoms with Gasteiger partial charge in [0.2, 0.25) is 0 Å². The lowest BCUT2D eigenvalue weighted by Crippen LogP contribution is -2.02. The van der Waals surface area contributed by atoms with Gasteiger partial charge in [0.15, 0.2) is 0 Å². The molecule has 0 aliphatic rings. The fourth-order valence-electron chi connectivity index (χ4n) is 1.44. The van der Waals surface area contributed by atoms with Gasteiger partial charge in [-0.3, -0.25) is 4.72 Å². The van der Waals surface area contributed by atoms with Crippen LogP contribution in [0.4, 0.5) is 0 Å². The molecule has 0 bridgehead atoms. The Labute approximate surface area is 111 Å². The first kappa shape index (κ1) is 12.6. The maximum Gasteiger partial charge on any atom is 0.0313 e. The highest BCUT2D eigenvalue weighted by molar-refractivity contribution is 7.98. The van der Waals surface area contributed by atoms with Crippen molar-refractivity contribution in [1.82, 2.24) is 4.72 Å². The third-order valence-electron chi connectivity index (χ3n) is 2.37. The fraction of sp³-hybridized carbons (Fsp3) is 0.143. The van der Waals surface area contributed by atoms with E-state index in [1.165, 1.54) is 15.4 Å². The maximum absolute atomic E-state index is 3.37. The molecule has 1 N–H and O–H groups in total.